The van der Waals surface area contributed by atoms with E-state index in [4.69, 9.17) is 9.47 Å². The second-order valence-electron chi connectivity index (χ2n) is 5.52. The highest BCUT2D eigenvalue weighted by Crippen LogP contribution is 2.39. The predicted molar refractivity (Wildman–Crippen MR) is 91.1 cm³/mol. The number of amides is 2. The molecule has 2 amide bonds. The summed E-state index contributed by atoms with van der Waals surface area (Å²) in [5, 5.41) is 4.00. The summed E-state index contributed by atoms with van der Waals surface area (Å²) >= 11 is 1.37. The van der Waals surface area contributed by atoms with Crippen LogP contribution in [-0.2, 0) is 25.7 Å². The van der Waals surface area contributed by atoms with Crippen LogP contribution < -0.4 is 5.32 Å². The number of alkyl carbamates (subject to hydrolysis) is 1. The van der Waals surface area contributed by atoms with E-state index in [2.05, 4.69) is 5.32 Å². The molecular formula is C17H18N2O5S. The highest BCUT2D eigenvalue weighted by molar-refractivity contribution is 8.03. The number of ether oxygens (including phenoxy) is 2. The Hall–Kier alpha value is -2.48. The van der Waals surface area contributed by atoms with E-state index in [9.17, 15) is 14.4 Å². The molecule has 0 saturated carbocycles. The van der Waals surface area contributed by atoms with Gasteiger partial charge in [0, 0.05) is 11.8 Å². The maximum absolute atomic E-state index is 12.5. The van der Waals surface area contributed by atoms with Gasteiger partial charge < -0.3 is 14.8 Å². The first-order chi connectivity index (χ1) is 12.1. The Morgan fingerprint density at radius 1 is 1.28 bits per heavy atom. The van der Waals surface area contributed by atoms with Crippen molar-refractivity contribution in [3.63, 3.8) is 0 Å². The first-order valence-electron chi connectivity index (χ1n) is 7.93. The smallest absolute Gasteiger partial charge is 0.408 e. The van der Waals surface area contributed by atoms with Crippen LogP contribution in [0.4, 0.5) is 4.79 Å². The van der Waals surface area contributed by atoms with Crippen molar-refractivity contribution in [3.05, 3.63) is 47.0 Å². The van der Waals surface area contributed by atoms with E-state index < -0.39 is 18.1 Å². The molecule has 3 rings (SSSR count). The first kappa shape index (κ1) is 17.3. The molecule has 2 aliphatic rings. The van der Waals surface area contributed by atoms with Gasteiger partial charge in [0.2, 0.25) is 0 Å². The molecule has 0 unspecified atom stereocenters. The minimum Gasteiger partial charge on any atom is -0.461 e. The quantitative estimate of drug-likeness (QED) is 0.807. The Morgan fingerprint density at radius 3 is 2.76 bits per heavy atom. The lowest BCUT2D eigenvalue weighted by Crippen LogP contribution is -2.42. The number of fused-ring (bicyclic) bond motifs is 1. The Labute approximate surface area is 149 Å². The Morgan fingerprint density at radius 2 is 2.04 bits per heavy atom. The largest absolute Gasteiger partial charge is 0.461 e. The zero-order valence-electron chi connectivity index (χ0n) is 13.6. The summed E-state index contributed by atoms with van der Waals surface area (Å²) in [6.07, 6.45) is -0.251. The molecule has 2 atom stereocenters. The molecule has 0 spiro atoms. The standard InChI is InChI=1S/C17H18N2O5S/c1-2-23-16(21)13-10-25-14-8-12(15(20)19(13)14)18-17(22)24-9-11-6-4-3-5-7-11/h3-7,10,12,14H,2,8-9H2,1H3,(H,18,22)/t12-,14+/m0/s1. The molecule has 0 bridgehead atoms. The predicted octanol–water partition coefficient (Wildman–Crippen LogP) is 1.99. The lowest BCUT2D eigenvalue weighted by atomic mass is 10.2. The van der Waals surface area contributed by atoms with Crippen molar-refractivity contribution in [2.75, 3.05) is 6.61 Å². The molecular weight excluding hydrogens is 344 g/mol. The van der Waals surface area contributed by atoms with Crippen LogP contribution in [0.5, 0.6) is 0 Å². The highest BCUT2D eigenvalue weighted by atomic mass is 32.2. The van der Waals surface area contributed by atoms with Gasteiger partial charge in [-0.05, 0) is 12.5 Å². The van der Waals surface area contributed by atoms with Crippen molar-refractivity contribution >= 4 is 29.7 Å². The van der Waals surface area contributed by atoms with E-state index in [1.165, 1.54) is 16.7 Å². The van der Waals surface area contributed by atoms with Gasteiger partial charge in [0.1, 0.15) is 18.3 Å². The fourth-order valence-corrected chi connectivity index (χ4v) is 3.83. The van der Waals surface area contributed by atoms with Gasteiger partial charge in [0.25, 0.3) is 5.91 Å². The molecule has 0 aromatic heterocycles. The van der Waals surface area contributed by atoms with Crippen molar-refractivity contribution in [2.45, 2.75) is 31.4 Å². The van der Waals surface area contributed by atoms with Crippen LogP contribution in [0.2, 0.25) is 0 Å². The van der Waals surface area contributed by atoms with Crippen LogP contribution in [0.3, 0.4) is 0 Å². The third-order valence-corrected chi connectivity index (χ3v) is 4.92. The number of hydrogen-bond acceptors (Lipinski definition) is 6. The van der Waals surface area contributed by atoms with Gasteiger partial charge in [0.15, 0.2) is 0 Å². The summed E-state index contributed by atoms with van der Waals surface area (Å²) in [6.45, 7) is 2.07. The fraction of sp³-hybridized carbons (Fsp3) is 0.353. The summed E-state index contributed by atoms with van der Waals surface area (Å²) in [7, 11) is 0. The maximum Gasteiger partial charge on any atom is 0.408 e. The lowest BCUT2D eigenvalue weighted by molar-refractivity contribution is -0.143. The third kappa shape index (κ3) is 3.79. The minimum absolute atomic E-state index is 0.128. The van der Waals surface area contributed by atoms with Crippen LogP contribution in [-0.4, -0.2) is 40.9 Å². The van der Waals surface area contributed by atoms with Gasteiger partial charge in [-0.3, -0.25) is 9.69 Å². The molecule has 1 fully saturated rings. The Bertz CT molecular complexity index is 706. The first-order valence-corrected chi connectivity index (χ1v) is 8.87. The number of benzene rings is 1. The molecule has 1 saturated heterocycles. The van der Waals surface area contributed by atoms with Crippen LogP contribution in [0, 0.1) is 0 Å². The van der Waals surface area contributed by atoms with Crippen molar-refractivity contribution in [1.82, 2.24) is 10.2 Å². The summed E-state index contributed by atoms with van der Waals surface area (Å²) in [5.74, 6) is -0.857. The van der Waals surface area contributed by atoms with Gasteiger partial charge in [-0.1, -0.05) is 30.3 Å². The molecule has 2 heterocycles. The van der Waals surface area contributed by atoms with Crippen molar-refractivity contribution in [3.8, 4) is 0 Å². The number of rotatable bonds is 5. The van der Waals surface area contributed by atoms with E-state index in [0.29, 0.717) is 6.42 Å². The number of nitrogens with one attached hydrogen (secondary N) is 1. The number of carbonyl (C=O) groups is 3. The normalized spacial score (nSPS) is 21.6. The molecule has 7 nitrogen and oxygen atoms in total. The average molecular weight is 362 g/mol. The second-order valence-corrected chi connectivity index (χ2v) is 6.57. The molecule has 8 heteroatoms. The zero-order chi connectivity index (χ0) is 17.8. The molecule has 0 radical (unpaired) electrons. The van der Waals surface area contributed by atoms with E-state index in [0.717, 1.165) is 5.56 Å². The number of esters is 1. The maximum atomic E-state index is 12.5. The van der Waals surface area contributed by atoms with Crippen LogP contribution >= 0.6 is 11.8 Å². The van der Waals surface area contributed by atoms with Gasteiger partial charge in [-0.2, -0.15) is 0 Å². The topological polar surface area (TPSA) is 84.9 Å². The number of carbonyl (C=O) groups excluding carboxylic acids is 3. The SMILES string of the molecule is CCOC(=O)C1=CS[C@@H]2C[C@H](NC(=O)OCc3ccccc3)C(=O)N12. The molecule has 1 aromatic rings. The second kappa shape index (κ2) is 7.60. The van der Waals surface area contributed by atoms with E-state index >= 15 is 0 Å². The third-order valence-electron chi connectivity index (χ3n) is 3.85. The minimum atomic E-state index is -0.709. The fourth-order valence-electron chi connectivity index (χ4n) is 2.69. The molecule has 2 aliphatic heterocycles. The summed E-state index contributed by atoms with van der Waals surface area (Å²) in [4.78, 5) is 37.8. The number of thioether (sulfide) groups is 1. The van der Waals surface area contributed by atoms with Gasteiger partial charge >= 0.3 is 12.1 Å². The van der Waals surface area contributed by atoms with E-state index in [-0.39, 0.29) is 30.2 Å². The van der Waals surface area contributed by atoms with Crippen molar-refractivity contribution < 1.29 is 23.9 Å². The summed E-state index contributed by atoms with van der Waals surface area (Å²) in [5.41, 5.74) is 1.09. The lowest BCUT2D eigenvalue weighted by Gasteiger charge is -2.18. The number of nitrogens with zero attached hydrogens (tertiary/aromatic N) is 1. The van der Waals surface area contributed by atoms with Crippen LogP contribution in [0.15, 0.2) is 41.4 Å². The summed E-state index contributed by atoms with van der Waals surface area (Å²) < 4.78 is 10.1. The van der Waals surface area contributed by atoms with E-state index in [1.807, 2.05) is 30.3 Å². The van der Waals surface area contributed by atoms with Gasteiger partial charge in [-0.25, -0.2) is 9.59 Å². The summed E-state index contributed by atoms with van der Waals surface area (Å²) in [6, 6.07) is 8.56. The highest BCUT2D eigenvalue weighted by Gasteiger charge is 2.47. The van der Waals surface area contributed by atoms with Crippen LogP contribution in [0.1, 0.15) is 18.9 Å². The van der Waals surface area contributed by atoms with Crippen molar-refractivity contribution in [1.29, 1.82) is 0 Å². The monoisotopic (exact) mass is 362 g/mol. The number of hydrogen-bond donors (Lipinski definition) is 1. The Balaban J connectivity index is 1.55. The molecule has 0 aliphatic carbocycles. The van der Waals surface area contributed by atoms with Crippen molar-refractivity contribution in [2.24, 2.45) is 0 Å². The Kier molecular flexibility index (Phi) is 5.28. The molecule has 25 heavy (non-hydrogen) atoms. The van der Waals surface area contributed by atoms with E-state index in [1.54, 1.807) is 12.3 Å². The molecule has 1 aromatic carbocycles. The van der Waals surface area contributed by atoms with Gasteiger partial charge in [0.05, 0.1) is 12.0 Å². The average Bonchev–Trinajstić information content (AvgIpc) is 3.15. The van der Waals surface area contributed by atoms with Crippen LogP contribution in [0.25, 0.3) is 0 Å². The molecule has 1 N–H and O–H groups in total. The molecule has 132 valence electrons. The van der Waals surface area contributed by atoms with Gasteiger partial charge in [-0.15, -0.1) is 11.8 Å². The zero-order valence-corrected chi connectivity index (χ0v) is 14.5.